The summed E-state index contributed by atoms with van der Waals surface area (Å²) in [6, 6.07) is 4.80. The fraction of sp³-hybridized carbons (Fsp3) is 0.533. The average molecular weight is 336 g/mol. The molecule has 8 heteroatoms. The Morgan fingerprint density at radius 2 is 2.00 bits per heavy atom. The first-order valence-corrected chi connectivity index (χ1v) is 9.42. The molecule has 7 nitrogen and oxygen atoms in total. The summed E-state index contributed by atoms with van der Waals surface area (Å²) in [4.78, 5) is 3.88. The Morgan fingerprint density at radius 1 is 1.22 bits per heavy atom. The molecule has 0 bridgehead atoms. The Kier molecular flexibility index (Phi) is 4.45. The van der Waals surface area contributed by atoms with Crippen LogP contribution in [0.15, 0.2) is 35.6 Å². The number of sulfone groups is 1. The summed E-state index contributed by atoms with van der Waals surface area (Å²) >= 11 is 0. The van der Waals surface area contributed by atoms with Crippen molar-refractivity contribution in [2.75, 3.05) is 5.75 Å². The van der Waals surface area contributed by atoms with E-state index in [0.29, 0.717) is 18.5 Å². The van der Waals surface area contributed by atoms with E-state index >= 15 is 0 Å². The van der Waals surface area contributed by atoms with Crippen LogP contribution in [-0.2, 0) is 22.0 Å². The zero-order valence-corrected chi connectivity index (χ0v) is 13.6. The number of rotatable bonds is 5. The minimum absolute atomic E-state index is 0.0613. The second-order valence-electron chi connectivity index (χ2n) is 5.95. The van der Waals surface area contributed by atoms with Crippen molar-refractivity contribution in [2.45, 2.75) is 49.3 Å². The molecule has 0 amide bonds. The molecule has 0 aliphatic heterocycles. The van der Waals surface area contributed by atoms with Gasteiger partial charge in [0.1, 0.15) is 11.3 Å². The lowest BCUT2D eigenvalue weighted by Crippen LogP contribution is -2.28. The van der Waals surface area contributed by atoms with Crippen LogP contribution in [0, 0.1) is 0 Å². The van der Waals surface area contributed by atoms with E-state index in [-0.39, 0.29) is 17.3 Å². The summed E-state index contributed by atoms with van der Waals surface area (Å²) in [5.41, 5.74) is -0.386. The van der Waals surface area contributed by atoms with Crippen molar-refractivity contribution < 1.29 is 13.5 Å². The third kappa shape index (κ3) is 3.59. The largest absolute Gasteiger partial charge is 0.383 e. The SMILES string of the molecule is O=S(=O)(CCn1cc(C2(O)CCCCC2)nn1)c1ccccn1. The van der Waals surface area contributed by atoms with Crippen molar-refractivity contribution in [3.63, 3.8) is 0 Å². The van der Waals surface area contributed by atoms with E-state index in [2.05, 4.69) is 15.3 Å². The van der Waals surface area contributed by atoms with Crippen LogP contribution in [-0.4, -0.2) is 39.3 Å². The van der Waals surface area contributed by atoms with Gasteiger partial charge in [-0.3, -0.25) is 4.68 Å². The predicted molar refractivity (Wildman–Crippen MR) is 83.3 cm³/mol. The molecule has 23 heavy (non-hydrogen) atoms. The lowest BCUT2D eigenvalue weighted by molar-refractivity contribution is -0.00474. The number of hydrogen-bond acceptors (Lipinski definition) is 6. The summed E-state index contributed by atoms with van der Waals surface area (Å²) in [5, 5.41) is 18.7. The van der Waals surface area contributed by atoms with Crippen molar-refractivity contribution in [1.29, 1.82) is 0 Å². The molecule has 0 atom stereocenters. The van der Waals surface area contributed by atoms with Gasteiger partial charge in [0.2, 0.25) is 0 Å². The van der Waals surface area contributed by atoms with Gasteiger partial charge in [-0.15, -0.1) is 5.10 Å². The number of aryl methyl sites for hydroxylation is 1. The molecule has 0 unspecified atom stereocenters. The van der Waals surface area contributed by atoms with Crippen molar-refractivity contribution in [2.24, 2.45) is 0 Å². The Morgan fingerprint density at radius 3 is 2.70 bits per heavy atom. The van der Waals surface area contributed by atoms with E-state index in [1.807, 2.05) is 0 Å². The molecular formula is C15H20N4O3S. The first-order valence-electron chi connectivity index (χ1n) is 7.76. The van der Waals surface area contributed by atoms with E-state index < -0.39 is 15.4 Å². The van der Waals surface area contributed by atoms with Crippen molar-refractivity contribution in [1.82, 2.24) is 20.0 Å². The molecule has 1 aliphatic rings. The summed E-state index contributed by atoms with van der Waals surface area (Å²) in [6.45, 7) is 0.183. The maximum Gasteiger partial charge on any atom is 0.197 e. The quantitative estimate of drug-likeness (QED) is 0.884. The Bertz CT molecular complexity index is 752. The topological polar surface area (TPSA) is 98.0 Å². The third-order valence-corrected chi connectivity index (χ3v) is 5.84. The van der Waals surface area contributed by atoms with Crippen LogP contribution in [0.5, 0.6) is 0 Å². The highest BCUT2D eigenvalue weighted by atomic mass is 32.2. The molecule has 1 aliphatic carbocycles. The van der Waals surface area contributed by atoms with Crippen LogP contribution in [0.2, 0.25) is 0 Å². The third-order valence-electron chi connectivity index (χ3n) is 4.24. The molecule has 0 saturated heterocycles. The van der Waals surface area contributed by atoms with Crippen LogP contribution >= 0.6 is 0 Å². The maximum atomic E-state index is 12.2. The summed E-state index contributed by atoms with van der Waals surface area (Å²) in [6.07, 6.45) is 7.53. The molecule has 2 aromatic rings. The Hall–Kier alpha value is -1.80. The maximum absolute atomic E-state index is 12.2. The average Bonchev–Trinajstić information content (AvgIpc) is 3.05. The Balaban J connectivity index is 1.68. The molecule has 1 saturated carbocycles. The molecule has 0 radical (unpaired) electrons. The van der Waals surface area contributed by atoms with E-state index in [1.54, 1.807) is 18.3 Å². The highest BCUT2D eigenvalue weighted by Crippen LogP contribution is 2.35. The van der Waals surface area contributed by atoms with Crippen LogP contribution in [0.3, 0.4) is 0 Å². The molecule has 3 rings (SSSR count). The summed E-state index contributed by atoms with van der Waals surface area (Å²) in [5.74, 6) is -0.106. The highest BCUT2D eigenvalue weighted by molar-refractivity contribution is 7.91. The van der Waals surface area contributed by atoms with Crippen LogP contribution in [0.25, 0.3) is 0 Å². The van der Waals surface area contributed by atoms with Gasteiger partial charge in [0, 0.05) is 6.20 Å². The Labute approximate surface area is 135 Å². The highest BCUT2D eigenvalue weighted by Gasteiger charge is 2.34. The van der Waals surface area contributed by atoms with Gasteiger partial charge in [0.05, 0.1) is 18.5 Å². The minimum atomic E-state index is -3.45. The van der Waals surface area contributed by atoms with E-state index in [0.717, 1.165) is 19.3 Å². The molecular weight excluding hydrogens is 316 g/mol. The first-order chi connectivity index (χ1) is 11.0. The van der Waals surface area contributed by atoms with Gasteiger partial charge in [-0.05, 0) is 25.0 Å². The van der Waals surface area contributed by atoms with Gasteiger partial charge in [-0.1, -0.05) is 30.5 Å². The van der Waals surface area contributed by atoms with E-state index in [9.17, 15) is 13.5 Å². The number of aliphatic hydroxyl groups is 1. The van der Waals surface area contributed by atoms with Gasteiger partial charge in [0.15, 0.2) is 14.9 Å². The number of aromatic nitrogens is 4. The molecule has 2 heterocycles. The molecule has 0 spiro atoms. The zero-order valence-electron chi connectivity index (χ0n) is 12.8. The molecule has 1 fully saturated rings. The van der Waals surface area contributed by atoms with Gasteiger partial charge >= 0.3 is 0 Å². The monoisotopic (exact) mass is 336 g/mol. The van der Waals surface area contributed by atoms with Gasteiger partial charge in [-0.25, -0.2) is 13.4 Å². The fourth-order valence-electron chi connectivity index (χ4n) is 2.86. The molecule has 2 aromatic heterocycles. The molecule has 1 N–H and O–H groups in total. The zero-order chi connectivity index (χ0) is 16.3. The lowest BCUT2D eigenvalue weighted by atomic mass is 9.83. The second kappa shape index (κ2) is 6.37. The fourth-order valence-corrected chi connectivity index (χ4v) is 4.01. The standard InChI is InChI=1S/C15H20N4O3S/c20-15(7-3-1-4-8-15)13-12-19(18-17-13)10-11-23(21,22)14-6-2-5-9-16-14/h2,5-6,9,12,20H,1,3-4,7-8,10-11H2. The summed E-state index contributed by atoms with van der Waals surface area (Å²) in [7, 11) is -3.45. The lowest BCUT2D eigenvalue weighted by Gasteiger charge is -2.29. The van der Waals surface area contributed by atoms with E-state index in [4.69, 9.17) is 0 Å². The first kappa shape index (κ1) is 16.1. The van der Waals surface area contributed by atoms with Gasteiger partial charge < -0.3 is 5.11 Å². The smallest absolute Gasteiger partial charge is 0.197 e. The molecule has 0 aromatic carbocycles. The van der Waals surface area contributed by atoms with E-state index in [1.165, 1.54) is 16.9 Å². The van der Waals surface area contributed by atoms with Crippen molar-refractivity contribution >= 4 is 9.84 Å². The normalized spacial score (nSPS) is 18.0. The van der Waals surface area contributed by atoms with Crippen LogP contribution in [0.4, 0.5) is 0 Å². The second-order valence-corrected chi connectivity index (χ2v) is 8.00. The van der Waals surface area contributed by atoms with Gasteiger partial charge in [0.25, 0.3) is 0 Å². The number of hydrogen-bond donors (Lipinski definition) is 1. The van der Waals surface area contributed by atoms with Crippen LogP contribution in [0.1, 0.15) is 37.8 Å². The van der Waals surface area contributed by atoms with Crippen molar-refractivity contribution in [3.05, 3.63) is 36.3 Å². The predicted octanol–water partition coefficient (Wildman–Crippen LogP) is 1.30. The van der Waals surface area contributed by atoms with Gasteiger partial charge in [-0.2, -0.15) is 0 Å². The van der Waals surface area contributed by atoms with Crippen molar-refractivity contribution in [3.8, 4) is 0 Å². The van der Waals surface area contributed by atoms with Crippen LogP contribution < -0.4 is 0 Å². The number of nitrogens with zero attached hydrogens (tertiary/aromatic N) is 4. The molecule has 124 valence electrons. The summed E-state index contributed by atoms with van der Waals surface area (Å²) < 4.78 is 25.9. The number of pyridine rings is 1. The minimum Gasteiger partial charge on any atom is -0.383 e.